The van der Waals surface area contributed by atoms with E-state index in [1.807, 2.05) is 67.6 Å². The molecule has 0 aliphatic heterocycles. The van der Waals surface area contributed by atoms with Crippen molar-refractivity contribution in [2.24, 2.45) is 10.7 Å². The minimum absolute atomic E-state index is 0.0495. The molecule has 2 unspecified atom stereocenters. The Balaban J connectivity index is 1.14. The molecule has 3 aromatic carbocycles. The van der Waals surface area contributed by atoms with Gasteiger partial charge in [-0.15, -0.1) is 0 Å². The third-order valence-electron chi connectivity index (χ3n) is 8.06. The summed E-state index contributed by atoms with van der Waals surface area (Å²) in [6.07, 6.45) is 14.7. The van der Waals surface area contributed by atoms with E-state index in [2.05, 4.69) is 58.1 Å². The van der Waals surface area contributed by atoms with Gasteiger partial charge in [-0.3, -0.25) is 9.79 Å². The molecule has 7 nitrogen and oxygen atoms in total. The largest absolute Gasteiger partial charge is 0.494 e. The summed E-state index contributed by atoms with van der Waals surface area (Å²) in [6.45, 7) is 4.38. The molecule has 0 heterocycles. The number of carbonyl (C=O) groups excluding carboxylic acids is 1. The van der Waals surface area contributed by atoms with Crippen LogP contribution < -0.4 is 25.8 Å². The molecule has 0 saturated heterocycles. The number of hydrogen-bond donors (Lipinski definition) is 3. The van der Waals surface area contributed by atoms with Crippen LogP contribution in [0.3, 0.4) is 0 Å². The number of nitrogens with two attached hydrogens (primary N) is 1. The molecule has 4 rings (SSSR count). The highest BCUT2D eigenvalue weighted by atomic mass is 16.5. The molecule has 244 valence electrons. The Hall–Kier alpha value is -4.52. The van der Waals surface area contributed by atoms with E-state index in [9.17, 15) is 4.79 Å². The predicted octanol–water partition coefficient (Wildman–Crippen LogP) is 7.45. The first-order chi connectivity index (χ1) is 22.6. The number of aliphatic imine (C=N–C) groups is 1. The summed E-state index contributed by atoms with van der Waals surface area (Å²) >= 11 is 0. The van der Waals surface area contributed by atoms with E-state index >= 15 is 0 Å². The molecule has 2 atom stereocenters. The number of nitrogens with zero attached hydrogens (tertiary/aromatic N) is 1. The molecule has 4 N–H and O–H groups in total. The lowest BCUT2D eigenvalue weighted by Gasteiger charge is -2.31. The molecule has 3 aromatic rings. The maximum absolute atomic E-state index is 13.6. The van der Waals surface area contributed by atoms with Crippen molar-refractivity contribution in [3.8, 4) is 11.5 Å². The summed E-state index contributed by atoms with van der Waals surface area (Å²) in [4.78, 5) is 17.9. The molecule has 0 aromatic heterocycles. The zero-order chi connectivity index (χ0) is 32.2. The molecule has 7 heteroatoms. The number of nitrogens with one attached hydrogen (secondary N) is 2. The van der Waals surface area contributed by atoms with Crippen molar-refractivity contribution in [2.75, 3.05) is 19.7 Å². The quantitative estimate of drug-likeness (QED) is 0.0733. The molecule has 0 bridgehead atoms. The Morgan fingerprint density at radius 1 is 0.848 bits per heavy atom. The van der Waals surface area contributed by atoms with Crippen molar-refractivity contribution in [2.45, 2.75) is 76.9 Å². The van der Waals surface area contributed by atoms with Gasteiger partial charge in [0.25, 0.3) is 0 Å². The van der Waals surface area contributed by atoms with Crippen LogP contribution in [0.1, 0.15) is 75.3 Å². The van der Waals surface area contributed by atoms with Crippen LogP contribution >= 0.6 is 0 Å². The number of guanidine groups is 1. The van der Waals surface area contributed by atoms with E-state index in [0.29, 0.717) is 32.3 Å². The number of allylic oxidation sites excluding steroid dienone is 3. The van der Waals surface area contributed by atoms with Crippen molar-refractivity contribution in [1.82, 2.24) is 10.6 Å². The lowest BCUT2D eigenvalue weighted by atomic mass is 9.81. The van der Waals surface area contributed by atoms with E-state index in [0.717, 1.165) is 74.0 Å². The topological polar surface area (TPSA) is 98.0 Å². The molecule has 0 spiro atoms. The summed E-state index contributed by atoms with van der Waals surface area (Å²) in [7, 11) is 0. The van der Waals surface area contributed by atoms with Crippen molar-refractivity contribution in [3.63, 3.8) is 0 Å². The van der Waals surface area contributed by atoms with E-state index < -0.39 is 6.04 Å². The second kappa shape index (κ2) is 19.8. The van der Waals surface area contributed by atoms with Crippen LogP contribution in [0.25, 0.3) is 0 Å². The molecule has 1 amide bonds. The Bertz CT molecular complexity index is 1390. The molecular weight excluding hydrogens is 572 g/mol. The molecule has 46 heavy (non-hydrogen) atoms. The molecular formula is C39H50N4O3. The summed E-state index contributed by atoms with van der Waals surface area (Å²) in [5.41, 5.74) is 9.66. The van der Waals surface area contributed by atoms with Gasteiger partial charge in [0.2, 0.25) is 5.91 Å². The normalized spacial score (nSPS) is 14.2. The molecule has 1 aliphatic rings. The maximum Gasteiger partial charge on any atom is 0.243 e. The van der Waals surface area contributed by atoms with Gasteiger partial charge in [-0.05, 0) is 68.0 Å². The number of hydrogen-bond acceptors (Lipinski definition) is 4. The number of carbonyl (C=O) groups is 1. The van der Waals surface area contributed by atoms with Gasteiger partial charge < -0.3 is 25.8 Å². The van der Waals surface area contributed by atoms with E-state index in [1.165, 1.54) is 5.57 Å². The minimum atomic E-state index is -0.548. The summed E-state index contributed by atoms with van der Waals surface area (Å²) in [6, 6.07) is 27.7. The zero-order valence-corrected chi connectivity index (χ0v) is 27.2. The highest BCUT2D eigenvalue weighted by molar-refractivity contribution is 5.89. The number of benzene rings is 3. The fourth-order valence-electron chi connectivity index (χ4n) is 5.66. The van der Waals surface area contributed by atoms with Crippen LogP contribution in [0, 0.1) is 0 Å². The van der Waals surface area contributed by atoms with Gasteiger partial charge >= 0.3 is 0 Å². The lowest BCUT2D eigenvalue weighted by molar-refractivity contribution is -0.123. The van der Waals surface area contributed by atoms with Crippen LogP contribution in [-0.2, 0) is 11.4 Å². The van der Waals surface area contributed by atoms with E-state index in [-0.39, 0.29) is 11.8 Å². The highest BCUT2D eigenvalue weighted by Crippen LogP contribution is 2.33. The Morgan fingerprint density at radius 2 is 1.50 bits per heavy atom. The zero-order valence-electron chi connectivity index (χ0n) is 27.2. The standard InChI is InChI=1S/C39H50N4O3/c1-2-41-39(40)43-37(36(32-20-12-8-13-21-32)33-22-14-9-15-23-33)38(44)42-28-16-5-3-4-6-17-29-45-34-24-26-35(27-25-34)46-30-31-18-10-7-11-19-31/h7-14,18-22,24-27,36-37H,2-6,15-17,23,28-30H2,1H3,(H,42,44)(H3,40,41,43). The van der Waals surface area contributed by atoms with Crippen molar-refractivity contribution in [1.29, 1.82) is 0 Å². The van der Waals surface area contributed by atoms with Gasteiger partial charge in [0.05, 0.1) is 6.61 Å². The second-order valence-corrected chi connectivity index (χ2v) is 11.6. The Kier molecular flexibility index (Phi) is 14.8. The average molecular weight is 623 g/mol. The minimum Gasteiger partial charge on any atom is -0.494 e. The van der Waals surface area contributed by atoms with Gasteiger partial charge in [0.1, 0.15) is 24.1 Å². The summed E-state index contributed by atoms with van der Waals surface area (Å²) in [5, 5.41) is 6.44. The van der Waals surface area contributed by atoms with E-state index in [4.69, 9.17) is 15.2 Å². The van der Waals surface area contributed by atoms with Crippen LogP contribution in [0.2, 0.25) is 0 Å². The van der Waals surface area contributed by atoms with Crippen molar-refractivity contribution in [3.05, 3.63) is 120 Å². The lowest BCUT2D eigenvalue weighted by Crippen LogP contribution is -2.52. The highest BCUT2D eigenvalue weighted by Gasteiger charge is 2.32. The van der Waals surface area contributed by atoms with Gasteiger partial charge in [-0.25, -0.2) is 0 Å². The summed E-state index contributed by atoms with van der Waals surface area (Å²) < 4.78 is 11.8. The van der Waals surface area contributed by atoms with Crippen molar-refractivity contribution < 1.29 is 14.3 Å². The molecule has 0 radical (unpaired) electrons. The van der Waals surface area contributed by atoms with Crippen LogP contribution in [0.5, 0.6) is 11.5 Å². The number of ether oxygens (including phenoxy) is 2. The SMILES string of the molecule is CCN=C(N)NC(C(=O)NCCCCCCCCOc1ccc(OCc2ccccc2)cc1)C(C1=CC=CCC1)c1ccccc1. The monoisotopic (exact) mass is 622 g/mol. The molecule has 0 saturated carbocycles. The van der Waals surface area contributed by atoms with E-state index in [1.54, 1.807) is 0 Å². The smallest absolute Gasteiger partial charge is 0.243 e. The van der Waals surface area contributed by atoms with Crippen LogP contribution in [0.15, 0.2) is 114 Å². The average Bonchev–Trinajstić information content (AvgIpc) is 3.10. The van der Waals surface area contributed by atoms with Gasteiger partial charge in [0.15, 0.2) is 5.96 Å². The fourth-order valence-corrected chi connectivity index (χ4v) is 5.66. The van der Waals surface area contributed by atoms with Crippen LogP contribution in [-0.4, -0.2) is 37.6 Å². The summed E-state index contributed by atoms with van der Waals surface area (Å²) in [5.74, 6) is 1.81. The first-order valence-corrected chi connectivity index (χ1v) is 16.8. The third kappa shape index (κ3) is 11.8. The molecule has 1 aliphatic carbocycles. The maximum atomic E-state index is 13.6. The fraction of sp³-hybridized carbons (Fsp3) is 0.385. The Labute approximate surface area is 275 Å². The first-order valence-electron chi connectivity index (χ1n) is 16.8. The van der Waals surface area contributed by atoms with Crippen LogP contribution in [0.4, 0.5) is 0 Å². The van der Waals surface area contributed by atoms with Crippen molar-refractivity contribution >= 4 is 11.9 Å². The Morgan fingerprint density at radius 3 is 2.17 bits per heavy atom. The van der Waals surface area contributed by atoms with Gasteiger partial charge in [-0.1, -0.05) is 110 Å². The van der Waals surface area contributed by atoms with Gasteiger partial charge in [-0.2, -0.15) is 0 Å². The predicted molar refractivity (Wildman–Crippen MR) is 188 cm³/mol. The third-order valence-corrected chi connectivity index (χ3v) is 8.06. The number of amides is 1. The van der Waals surface area contributed by atoms with Gasteiger partial charge in [0, 0.05) is 19.0 Å². The number of rotatable bonds is 19. The first kappa shape index (κ1) is 34.4. The number of unbranched alkanes of at least 4 members (excludes halogenated alkanes) is 5. The second-order valence-electron chi connectivity index (χ2n) is 11.6. The molecule has 0 fully saturated rings.